The smallest absolute Gasteiger partial charge is 0.242 e. The molecule has 0 spiro atoms. The lowest BCUT2D eigenvalue weighted by Gasteiger charge is -2.23. The highest BCUT2D eigenvalue weighted by atomic mass is 32.2. The molecular formula is C19H30N4O5S. The van der Waals surface area contributed by atoms with E-state index in [1.54, 1.807) is 17.9 Å². The van der Waals surface area contributed by atoms with Crippen molar-refractivity contribution in [3.63, 3.8) is 0 Å². The molecule has 0 aliphatic heterocycles. The van der Waals surface area contributed by atoms with Gasteiger partial charge in [0.1, 0.15) is 0 Å². The summed E-state index contributed by atoms with van der Waals surface area (Å²) in [5.41, 5.74) is 1.79. The number of likely N-dealkylation sites (N-methyl/N-ethyl adjacent to an activating group) is 2. The zero-order valence-corrected chi connectivity index (χ0v) is 18.4. The molecule has 0 saturated carbocycles. The van der Waals surface area contributed by atoms with Gasteiger partial charge in [-0.25, -0.2) is 13.1 Å². The maximum Gasteiger partial charge on any atom is 0.242 e. The highest BCUT2D eigenvalue weighted by Crippen LogP contribution is 2.14. The average molecular weight is 427 g/mol. The first-order chi connectivity index (χ1) is 13.5. The number of benzene rings is 1. The van der Waals surface area contributed by atoms with Gasteiger partial charge >= 0.3 is 0 Å². The Morgan fingerprint density at radius 3 is 2.14 bits per heavy atom. The number of nitrogens with one attached hydrogen (secondary N) is 2. The van der Waals surface area contributed by atoms with Gasteiger partial charge in [-0.2, -0.15) is 0 Å². The molecule has 0 aliphatic rings. The zero-order valence-electron chi connectivity index (χ0n) is 17.6. The van der Waals surface area contributed by atoms with Gasteiger partial charge in [0.15, 0.2) is 0 Å². The van der Waals surface area contributed by atoms with Gasteiger partial charge < -0.3 is 15.1 Å². The standard InChI is InChI=1S/C19H30N4O5S/c1-6-23(7-2)19(26)13-22(5)18(25)12-20-17(24)11-21-29(27,28)16-9-8-14(3)15(4)10-16/h8-10,21H,6-7,11-13H2,1-5H3,(H,20,24). The number of carbonyl (C=O) groups excluding carboxylic acids is 3. The second kappa shape index (κ2) is 10.9. The van der Waals surface area contributed by atoms with Crippen LogP contribution in [0.4, 0.5) is 0 Å². The fraction of sp³-hybridized carbons (Fsp3) is 0.526. The van der Waals surface area contributed by atoms with E-state index >= 15 is 0 Å². The molecule has 1 aromatic carbocycles. The van der Waals surface area contributed by atoms with Crippen molar-refractivity contribution in [3.05, 3.63) is 29.3 Å². The van der Waals surface area contributed by atoms with Crippen molar-refractivity contribution in [1.82, 2.24) is 19.8 Å². The Morgan fingerprint density at radius 2 is 1.59 bits per heavy atom. The fourth-order valence-electron chi connectivity index (χ4n) is 2.46. The molecule has 2 N–H and O–H groups in total. The minimum atomic E-state index is -3.84. The summed E-state index contributed by atoms with van der Waals surface area (Å²) < 4.78 is 26.8. The van der Waals surface area contributed by atoms with E-state index in [1.165, 1.54) is 24.1 Å². The second-order valence-electron chi connectivity index (χ2n) is 6.66. The fourth-order valence-corrected chi connectivity index (χ4v) is 3.53. The van der Waals surface area contributed by atoms with Crippen LogP contribution in [0.1, 0.15) is 25.0 Å². The van der Waals surface area contributed by atoms with Gasteiger partial charge in [-0.1, -0.05) is 6.07 Å². The third kappa shape index (κ3) is 7.47. The molecule has 0 aromatic heterocycles. The van der Waals surface area contributed by atoms with Crippen LogP contribution in [0.5, 0.6) is 0 Å². The third-order valence-electron chi connectivity index (χ3n) is 4.56. The molecule has 9 nitrogen and oxygen atoms in total. The second-order valence-corrected chi connectivity index (χ2v) is 8.43. The predicted molar refractivity (Wildman–Crippen MR) is 110 cm³/mol. The summed E-state index contributed by atoms with van der Waals surface area (Å²) in [6, 6.07) is 4.69. The van der Waals surface area contributed by atoms with Gasteiger partial charge in [-0.3, -0.25) is 14.4 Å². The average Bonchev–Trinajstić information content (AvgIpc) is 2.67. The lowest BCUT2D eigenvalue weighted by atomic mass is 10.1. The molecule has 29 heavy (non-hydrogen) atoms. The van der Waals surface area contributed by atoms with E-state index in [-0.39, 0.29) is 23.9 Å². The van der Waals surface area contributed by atoms with Crippen LogP contribution in [0, 0.1) is 13.8 Å². The van der Waals surface area contributed by atoms with Crippen LogP contribution >= 0.6 is 0 Å². The maximum absolute atomic E-state index is 12.3. The Labute approximate surface area is 172 Å². The van der Waals surface area contributed by atoms with Crippen molar-refractivity contribution in [2.24, 2.45) is 0 Å². The van der Waals surface area contributed by atoms with Gasteiger partial charge in [0, 0.05) is 20.1 Å². The van der Waals surface area contributed by atoms with E-state index in [2.05, 4.69) is 10.0 Å². The van der Waals surface area contributed by atoms with Crippen LogP contribution in [-0.2, 0) is 24.4 Å². The van der Waals surface area contributed by atoms with Gasteiger partial charge in [-0.15, -0.1) is 0 Å². The Bertz CT molecular complexity index is 850. The van der Waals surface area contributed by atoms with Crippen LogP contribution in [-0.4, -0.2) is 75.7 Å². The highest BCUT2D eigenvalue weighted by molar-refractivity contribution is 7.89. The summed E-state index contributed by atoms with van der Waals surface area (Å²) in [6.07, 6.45) is 0. The van der Waals surface area contributed by atoms with E-state index < -0.39 is 28.4 Å². The molecule has 1 aromatic rings. The lowest BCUT2D eigenvalue weighted by Crippen LogP contribution is -2.45. The molecular weight excluding hydrogens is 396 g/mol. The van der Waals surface area contributed by atoms with Crippen molar-refractivity contribution in [2.75, 3.05) is 39.8 Å². The number of nitrogens with zero attached hydrogens (tertiary/aromatic N) is 2. The van der Waals surface area contributed by atoms with Crippen molar-refractivity contribution in [3.8, 4) is 0 Å². The van der Waals surface area contributed by atoms with E-state index in [0.29, 0.717) is 13.1 Å². The molecule has 0 bridgehead atoms. The molecule has 0 unspecified atom stereocenters. The molecule has 3 amide bonds. The summed E-state index contributed by atoms with van der Waals surface area (Å²) in [7, 11) is -2.37. The number of amides is 3. The minimum Gasteiger partial charge on any atom is -0.346 e. The number of aryl methyl sites for hydroxylation is 2. The summed E-state index contributed by atoms with van der Waals surface area (Å²) in [5.74, 6) is -1.27. The van der Waals surface area contributed by atoms with Crippen LogP contribution in [0.2, 0.25) is 0 Å². The van der Waals surface area contributed by atoms with Crippen molar-refractivity contribution in [1.29, 1.82) is 0 Å². The lowest BCUT2D eigenvalue weighted by molar-refractivity contribution is -0.139. The molecule has 0 atom stereocenters. The van der Waals surface area contributed by atoms with Gasteiger partial charge in [0.05, 0.1) is 24.5 Å². The van der Waals surface area contributed by atoms with Crippen LogP contribution in [0.25, 0.3) is 0 Å². The van der Waals surface area contributed by atoms with E-state index in [1.807, 2.05) is 20.8 Å². The Morgan fingerprint density at radius 1 is 0.966 bits per heavy atom. The Balaban J connectivity index is 2.51. The molecule has 162 valence electrons. The summed E-state index contributed by atoms with van der Waals surface area (Å²) in [5, 5.41) is 2.36. The van der Waals surface area contributed by atoms with E-state index in [4.69, 9.17) is 0 Å². The summed E-state index contributed by atoms with van der Waals surface area (Å²) in [6.45, 7) is 7.56. The molecule has 0 saturated heterocycles. The van der Waals surface area contributed by atoms with Crippen LogP contribution in [0.15, 0.2) is 23.1 Å². The highest BCUT2D eigenvalue weighted by Gasteiger charge is 2.19. The molecule has 0 radical (unpaired) electrons. The topological polar surface area (TPSA) is 116 Å². The van der Waals surface area contributed by atoms with E-state index in [0.717, 1.165) is 11.1 Å². The molecule has 1 rings (SSSR count). The van der Waals surface area contributed by atoms with Crippen molar-refractivity contribution < 1.29 is 22.8 Å². The predicted octanol–water partition coefficient (Wildman–Crippen LogP) is 0.0247. The monoisotopic (exact) mass is 426 g/mol. The van der Waals surface area contributed by atoms with Crippen molar-refractivity contribution in [2.45, 2.75) is 32.6 Å². The SMILES string of the molecule is CCN(CC)C(=O)CN(C)C(=O)CNC(=O)CNS(=O)(=O)c1ccc(C)c(C)c1. The third-order valence-corrected chi connectivity index (χ3v) is 5.96. The minimum absolute atomic E-state index is 0.0686. The van der Waals surface area contributed by atoms with Crippen LogP contribution in [0.3, 0.4) is 0 Å². The maximum atomic E-state index is 12.3. The molecule has 0 aliphatic carbocycles. The summed E-state index contributed by atoms with van der Waals surface area (Å²) in [4.78, 5) is 38.9. The Hall–Kier alpha value is -2.46. The van der Waals surface area contributed by atoms with Gasteiger partial charge in [0.25, 0.3) is 0 Å². The first-order valence-electron chi connectivity index (χ1n) is 9.37. The largest absolute Gasteiger partial charge is 0.346 e. The Kier molecular flexibility index (Phi) is 9.25. The van der Waals surface area contributed by atoms with Gasteiger partial charge in [-0.05, 0) is 51.0 Å². The van der Waals surface area contributed by atoms with E-state index in [9.17, 15) is 22.8 Å². The molecule has 10 heteroatoms. The van der Waals surface area contributed by atoms with Crippen LogP contribution < -0.4 is 10.0 Å². The molecule has 0 heterocycles. The summed E-state index contributed by atoms with van der Waals surface area (Å²) >= 11 is 0. The number of hydrogen-bond donors (Lipinski definition) is 2. The zero-order chi connectivity index (χ0) is 22.2. The first kappa shape index (κ1) is 24.6. The number of hydrogen-bond acceptors (Lipinski definition) is 5. The van der Waals surface area contributed by atoms with Crippen molar-refractivity contribution >= 4 is 27.7 Å². The normalized spacial score (nSPS) is 11.1. The number of sulfonamides is 1. The molecule has 0 fully saturated rings. The number of carbonyl (C=O) groups is 3. The quantitative estimate of drug-likeness (QED) is 0.547. The number of rotatable bonds is 10. The van der Waals surface area contributed by atoms with Gasteiger partial charge in [0.2, 0.25) is 27.7 Å². The first-order valence-corrected chi connectivity index (χ1v) is 10.9.